The zero-order chi connectivity index (χ0) is 19.8. The molecule has 0 aliphatic carbocycles. The molecular formula is C23H35N3O2. The van der Waals surface area contributed by atoms with Crippen molar-refractivity contribution in [1.29, 1.82) is 0 Å². The number of carbonyl (C=O) groups excluding carboxylic acids is 2. The summed E-state index contributed by atoms with van der Waals surface area (Å²) in [5, 5.41) is 0. The molecule has 2 aliphatic rings. The van der Waals surface area contributed by atoms with Crippen LogP contribution in [0.2, 0.25) is 0 Å². The first kappa shape index (κ1) is 20.8. The summed E-state index contributed by atoms with van der Waals surface area (Å²) in [5.74, 6) is 0.387. The first-order chi connectivity index (χ1) is 13.6. The van der Waals surface area contributed by atoms with Gasteiger partial charge in [-0.2, -0.15) is 0 Å². The Morgan fingerprint density at radius 2 is 1.93 bits per heavy atom. The topological polar surface area (TPSA) is 43.9 Å². The summed E-state index contributed by atoms with van der Waals surface area (Å²) >= 11 is 0. The van der Waals surface area contributed by atoms with Crippen LogP contribution in [0.5, 0.6) is 0 Å². The van der Waals surface area contributed by atoms with Gasteiger partial charge in [0.05, 0.1) is 0 Å². The molecule has 0 bridgehead atoms. The van der Waals surface area contributed by atoms with Gasteiger partial charge in [0.1, 0.15) is 0 Å². The lowest BCUT2D eigenvalue weighted by atomic mass is 10.0. The van der Waals surface area contributed by atoms with Crippen molar-refractivity contribution in [3.63, 3.8) is 0 Å². The first-order valence-corrected chi connectivity index (χ1v) is 10.9. The standard InChI is InChI=1S/C23H35N3O2/c1-24(22(27)14-18-26-17-6-5-13-23(26)28)21-12-8-16-25(19-21)15-7-11-20-9-3-2-4-10-20/h2-4,9-10,21H,5-8,11-19H2,1H3/t21-/m0/s1. The largest absolute Gasteiger partial charge is 0.342 e. The molecule has 0 N–H and O–H groups in total. The van der Waals surface area contributed by atoms with Gasteiger partial charge in [0.2, 0.25) is 11.8 Å². The van der Waals surface area contributed by atoms with Crippen molar-refractivity contribution in [1.82, 2.24) is 14.7 Å². The molecule has 154 valence electrons. The van der Waals surface area contributed by atoms with Crippen LogP contribution >= 0.6 is 0 Å². The Hall–Kier alpha value is -1.88. The Kier molecular flexibility index (Phi) is 7.90. The molecule has 2 amide bonds. The van der Waals surface area contributed by atoms with Crippen LogP contribution in [0.4, 0.5) is 0 Å². The van der Waals surface area contributed by atoms with Gasteiger partial charge in [0.15, 0.2) is 0 Å². The van der Waals surface area contributed by atoms with Crippen LogP contribution in [0.1, 0.15) is 50.5 Å². The van der Waals surface area contributed by atoms with Crippen molar-refractivity contribution in [3.8, 4) is 0 Å². The van der Waals surface area contributed by atoms with Crippen LogP contribution in [0.15, 0.2) is 30.3 Å². The molecule has 2 fully saturated rings. The molecule has 5 nitrogen and oxygen atoms in total. The maximum Gasteiger partial charge on any atom is 0.224 e. The Balaban J connectivity index is 1.39. The minimum absolute atomic E-state index is 0.175. The first-order valence-electron chi connectivity index (χ1n) is 10.9. The second-order valence-corrected chi connectivity index (χ2v) is 8.28. The van der Waals surface area contributed by atoms with Crippen molar-refractivity contribution in [2.75, 3.05) is 39.8 Å². The summed E-state index contributed by atoms with van der Waals surface area (Å²) in [6.07, 6.45) is 7.66. The van der Waals surface area contributed by atoms with Gasteiger partial charge >= 0.3 is 0 Å². The van der Waals surface area contributed by atoms with Crippen molar-refractivity contribution in [2.45, 2.75) is 57.4 Å². The molecule has 0 unspecified atom stereocenters. The van der Waals surface area contributed by atoms with E-state index in [1.165, 1.54) is 5.56 Å². The number of benzene rings is 1. The quantitative estimate of drug-likeness (QED) is 0.691. The number of rotatable bonds is 8. The number of aryl methyl sites for hydroxylation is 1. The Bertz CT molecular complexity index is 634. The number of nitrogens with zero attached hydrogens (tertiary/aromatic N) is 3. The van der Waals surface area contributed by atoms with Crippen LogP contribution in [-0.4, -0.2) is 72.3 Å². The summed E-state index contributed by atoms with van der Waals surface area (Å²) in [6.45, 7) is 4.59. The Morgan fingerprint density at radius 1 is 1.11 bits per heavy atom. The summed E-state index contributed by atoms with van der Waals surface area (Å²) in [5.41, 5.74) is 1.40. The van der Waals surface area contributed by atoms with Crippen molar-refractivity contribution in [3.05, 3.63) is 35.9 Å². The number of piperidine rings is 2. The number of likely N-dealkylation sites (N-methyl/N-ethyl adjacent to an activating group) is 1. The molecule has 0 aromatic heterocycles. The van der Waals surface area contributed by atoms with Gasteiger partial charge in [-0.15, -0.1) is 0 Å². The number of amides is 2. The summed E-state index contributed by atoms with van der Waals surface area (Å²) in [4.78, 5) is 30.9. The summed E-state index contributed by atoms with van der Waals surface area (Å²) in [6, 6.07) is 11.0. The molecule has 28 heavy (non-hydrogen) atoms. The van der Waals surface area contributed by atoms with E-state index in [0.717, 1.165) is 64.7 Å². The third kappa shape index (κ3) is 6.06. The number of carbonyl (C=O) groups is 2. The van der Waals surface area contributed by atoms with Crippen molar-refractivity contribution < 1.29 is 9.59 Å². The smallest absolute Gasteiger partial charge is 0.224 e. The molecule has 2 aliphatic heterocycles. The van der Waals surface area contributed by atoms with Gasteiger partial charge < -0.3 is 14.7 Å². The van der Waals surface area contributed by atoms with E-state index in [0.29, 0.717) is 25.4 Å². The van der Waals surface area contributed by atoms with E-state index in [1.807, 2.05) is 16.8 Å². The lowest BCUT2D eigenvalue weighted by Gasteiger charge is -2.38. The van der Waals surface area contributed by atoms with Gasteiger partial charge in [-0.3, -0.25) is 9.59 Å². The van der Waals surface area contributed by atoms with Crippen LogP contribution < -0.4 is 0 Å². The van der Waals surface area contributed by atoms with Gasteiger partial charge in [-0.05, 0) is 57.2 Å². The predicted octanol–water partition coefficient (Wildman–Crippen LogP) is 2.94. The van der Waals surface area contributed by atoms with Crippen LogP contribution in [-0.2, 0) is 16.0 Å². The van der Waals surface area contributed by atoms with E-state index in [4.69, 9.17) is 0 Å². The number of hydrogen-bond donors (Lipinski definition) is 0. The van der Waals surface area contributed by atoms with Gasteiger partial charge in [0.25, 0.3) is 0 Å². The number of hydrogen-bond acceptors (Lipinski definition) is 3. The normalized spacial score (nSPS) is 21.0. The van der Waals surface area contributed by atoms with Gasteiger partial charge in [0, 0.05) is 45.6 Å². The van der Waals surface area contributed by atoms with Crippen molar-refractivity contribution in [2.24, 2.45) is 0 Å². The molecule has 2 saturated heterocycles. The molecule has 0 spiro atoms. The number of likely N-dealkylation sites (tertiary alicyclic amines) is 2. The Labute approximate surface area is 169 Å². The molecule has 1 atom stereocenters. The van der Waals surface area contributed by atoms with E-state index in [1.54, 1.807) is 0 Å². The second kappa shape index (κ2) is 10.6. The molecular weight excluding hydrogens is 350 g/mol. The maximum absolute atomic E-state index is 12.7. The highest BCUT2D eigenvalue weighted by Crippen LogP contribution is 2.17. The van der Waals surface area contributed by atoms with E-state index < -0.39 is 0 Å². The van der Waals surface area contributed by atoms with Gasteiger partial charge in [-0.1, -0.05) is 30.3 Å². The molecule has 3 rings (SSSR count). The minimum Gasteiger partial charge on any atom is -0.342 e. The van der Waals surface area contributed by atoms with E-state index in [2.05, 4.69) is 35.2 Å². The van der Waals surface area contributed by atoms with Crippen LogP contribution in [0.25, 0.3) is 0 Å². The van der Waals surface area contributed by atoms with E-state index in [9.17, 15) is 9.59 Å². The molecule has 0 saturated carbocycles. The summed E-state index contributed by atoms with van der Waals surface area (Å²) < 4.78 is 0. The summed E-state index contributed by atoms with van der Waals surface area (Å²) in [7, 11) is 1.94. The molecule has 5 heteroatoms. The monoisotopic (exact) mass is 385 g/mol. The van der Waals surface area contributed by atoms with Crippen LogP contribution in [0, 0.1) is 0 Å². The average molecular weight is 386 g/mol. The Morgan fingerprint density at radius 3 is 2.71 bits per heavy atom. The van der Waals surface area contributed by atoms with Crippen molar-refractivity contribution >= 4 is 11.8 Å². The molecule has 0 radical (unpaired) electrons. The SMILES string of the molecule is CN(C(=O)CCN1CCCCC1=O)[C@H]1CCCN(CCCc2ccccc2)C1. The predicted molar refractivity (Wildman–Crippen MR) is 112 cm³/mol. The maximum atomic E-state index is 12.7. The highest BCUT2D eigenvalue weighted by molar-refractivity contribution is 5.79. The van der Waals surface area contributed by atoms with Gasteiger partial charge in [-0.25, -0.2) is 0 Å². The second-order valence-electron chi connectivity index (χ2n) is 8.28. The molecule has 2 heterocycles. The van der Waals surface area contributed by atoms with Crippen LogP contribution in [0.3, 0.4) is 0 Å². The fraction of sp³-hybridized carbons (Fsp3) is 0.652. The third-order valence-corrected chi connectivity index (χ3v) is 6.22. The lowest BCUT2D eigenvalue weighted by Crippen LogP contribution is -2.49. The average Bonchev–Trinajstić information content (AvgIpc) is 2.73. The van der Waals surface area contributed by atoms with E-state index >= 15 is 0 Å². The lowest BCUT2D eigenvalue weighted by molar-refractivity contribution is -0.136. The zero-order valence-corrected chi connectivity index (χ0v) is 17.3. The highest BCUT2D eigenvalue weighted by Gasteiger charge is 2.26. The fourth-order valence-electron chi connectivity index (χ4n) is 4.41. The molecule has 1 aromatic carbocycles. The fourth-order valence-corrected chi connectivity index (χ4v) is 4.41. The highest BCUT2D eigenvalue weighted by atomic mass is 16.2. The molecule has 1 aromatic rings. The minimum atomic E-state index is 0.175. The van der Waals surface area contributed by atoms with E-state index in [-0.39, 0.29) is 11.8 Å². The third-order valence-electron chi connectivity index (χ3n) is 6.22. The zero-order valence-electron chi connectivity index (χ0n) is 17.3.